The van der Waals surface area contributed by atoms with Gasteiger partial charge < -0.3 is 39.4 Å². The zero-order chi connectivity index (χ0) is 48.8. The van der Waals surface area contributed by atoms with Crippen molar-refractivity contribution >= 4 is 17.9 Å². The van der Waals surface area contributed by atoms with E-state index in [1.165, 1.54) is 180 Å². The first kappa shape index (κ1) is 62.7. The van der Waals surface area contributed by atoms with E-state index in [0.29, 0.717) is 12.8 Å². The lowest BCUT2D eigenvalue weighted by molar-refractivity contribution is -0.298. The topological polar surface area (TPSA) is 169 Å². The number of ether oxygens (including phenoxy) is 4. The third-order valence-electron chi connectivity index (χ3n) is 13.0. The van der Waals surface area contributed by atoms with Crippen molar-refractivity contribution in [2.75, 3.05) is 13.2 Å². The standard InChI is InChI=1S/C56H102O11/c1-3-5-7-9-11-13-15-17-19-21-23-24-25-26-27-29-30-32-34-36-38-40-42-44-49(57)64-46-48(47-65-56-53(61)51(59)52(60)54(67-56)55(62)63)66-50(58)45-43-41-39-37-35-33-31-28-22-20-18-16-14-12-10-8-6-4-2/h20-23,48,51-54,56,59-61H,3-19,24-47H2,1-2H3,(H,62,63)/b22-20-,23-21-. The number of rotatable bonds is 48. The number of carboxylic acid groups (broad SMARTS) is 1. The number of esters is 2. The van der Waals surface area contributed by atoms with Gasteiger partial charge in [0.15, 0.2) is 18.5 Å². The molecule has 0 radical (unpaired) electrons. The third kappa shape index (κ3) is 37.2. The van der Waals surface area contributed by atoms with Crippen LogP contribution in [0, 0.1) is 0 Å². The van der Waals surface area contributed by atoms with Gasteiger partial charge in [0.1, 0.15) is 24.9 Å². The van der Waals surface area contributed by atoms with Gasteiger partial charge >= 0.3 is 17.9 Å². The van der Waals surface area contributed by atoms with Crippen molar-refractivity contribution in [2.45, 2.75) is 301 Å². The highest BCUT2D eigenvalue weighted by atomic mass is 16.7. The molecule has 0 saturated carbocycles. The minimum Gasteiger partial charge on any atom is -0.479 e. The quantitative estimate of drug-likeness (QED) is 0.0260. The fourth-order valence-electron chi connectivity index (χ4n) is 8.64. The molecule has 6 unspecified atom stereocenters. The van der Waals surface area contributed by atoms with Crippen molar-refractivity contribution in [3.05, 3.63) is 24.3 Å². The summed E-state index contributed by atoms with van der Waals surface area (Å²) in [5.41, 5.74) is 0. The number of unbranched alkanes of at least 4 members (excludes halogenated alkanes) is 33. The first-order valence-electron chi connectivity index (χ1n) is 27.9. The Labute approximate surface area is 409 Å². The monoisotopic (exact) mass is 951 g/mol. The van der Waals surface area contributed by atoms with Crippen molar-refractivity contribution in [1.82, 2.24) is 0 Å². The second-order valence-corrected chi connectivity index (χ2v) is 19.4. The zero-order valence-corrected chi connectivity index (χ0v) is 42.9. The highest BCUT2D eigenvalue weighted by Gasteiger charge is 2.47. The van der Waals surface area contributed by atoms with E-state index in [1.807, 2.05) is 0 Å². The molecule has 0 aromatic carbocycles. The normalized spacial score (nSPS) is 19.1. The minimum atomic E-state index is -1.86. The van der Waals surface area contributed by atoms with Gasteiger partial charge in [-0.3, -0.25) is 9.59 Å². The maximum absolute atomic E-state index is 12.8. The maximum atomic E-state index is 12.8. The largest absolute Gasteiger partial charge is 0.479 e. The lowest BCUT2D eigenvalue weighted by Crippen LogP contribution is -2.60. The van der Waals surface area contributed by atoms with Crippen LogP contribution in [0.2, 0.25) is 0 Å². The SMILES string of the molecule is CCCCCCCCC/C=C\CCCCCCCCCC(=O)OC(COC(=O)CCCCCCCCCCCCC/C=C\CCCCCCCCCC)COC1OC(C(=O)O)C(O)C(O)C1O. The number of aliphatic carboxylic acids is 1. The molecule has 0 aromatic rings. The highest BCUT2D eigenvalue weighted by Crippen LogP contribution is 2.23. The number of carbonyl (C=O) groups excluding carboxylic acids is 2. The molecule has 6 atom stereocenters. The summed E-state index contributed by atoms with van der Waals surface area (Å²) in [4.78, 5) is 37.1. The van der Waals surface area contributed by atoms with Crippen molar-refractivity contribution in [3.8, 4) is 0 Å². The van der Waals surface area contributed by atoms with E-state index in [4.69, 9.17) is 18.9 Å². The van der Waals surface area contributed by atoms with E-state index in [2.05, 4.69) is 38.2 Å². The third-order valence-corrected chi connectivity index (χ3v) is 13.0. The summed E-state index contributed by atoms with van der Waals surface area (Å²) in [6.07, 6.45) is 45.2. The molecule has 0 aliphatic carbocycles. The van der Waals surface area contributed by atoms with Crippen LogP contribution < -0.4 is 0 Å². The van der Waals surface area contributed by atoms with Crippen molar-refractivity contribution < 1.29 is 53.8 Å². The molecule has 1 saturated heterocycles. The number of allylic oxidation sites excluding steroid dienone is 4. The van der Waals surface area contributed by atoms with Gasteiger partial charge in [0.05, 0.1) is 6.61 Å². The fourth-order valence-corrected chi connectivity index (χ4v) is 8.64. The lowest BCUT2D eigenvalue weighted by Gasteiger charge is -2.38. The molecule has 0 bridgehead atoms. The number of carboxylic acids is 1. The van der Waals surface area contributed by atoms with Gasteiger partial charge in [-0.25, -0.2) is 4.79 Å². The molecule has 67 heavy (non-hydrogen) atoms. The van der Waals surface area contributed by atoms with Crippen LogP contribution in [0.1, 0.15) is 264 Å². The van der Waals surface area contributed by atoms with E-state index >= 15 is 0 Å². The summed E-state index contributed by atoms with van der Waals surface area (Å²) in [6.45, 7) is 3.85. The number of aliphatic hydroxyl groups is 3. The Balaban J connectivity index is 2.25. The Bertz CT molecular complexity index is 1210. The van der Waals surface area contributed by atoms with E-state index in [9.17, 15) is 34.8 Å². The molecule has 4 N–H and O–H groups in total. The lowest BCUT2D eigenvalue weighted by atomic mass is 9.99. The Morgan fingerprint density at radius 3 is 1.16 bits per heavy atom. The molecule has 1 aliphatic heterocycles. The predicted molar refractivity (Wildman–Crippen MR) is 271 cm³/mol. The number of hydrogen-bond acceptors (Lipinski definition) is 10. The molecule has 0 aromatic heterocycles. The van der Waals surface area contributed by atoms with E-state index in [1.54, 1.807) is 0 Å². The van der Waals surface area contributed by atoms with Gasteiger partial charge in [-0.1, -0.05) is 212 Å². The molecule has 11 heteroatoms. The Morgan fingerprint density at radius 2 is 0.791 bits per heavy atom. The molecular weight excluding hydrogens is 849 g/mol. The van der Waals surface area contributed by atoms with E-state index in [0.717, 1.165) is 44.9 Å². The van der Waals surface area contributed by atoms with E-state index in [-0.39, 0.29) is 26.1 Å². The Morgan fingerprint density at radius 1 is 0.448 bits per heavy atom. The Kier molecular flexibility index (Phi) is 43.1. The van der Waals surface area contributed by atoms with Crippen molar-refractivity contribution in [2.24, 2.45) is 0 Å². The van der Waals surface area contributed by atoms with Crippen LogP contribution in [0.4, 0.5) is 0 Å². The molecule has 1 rings (SSSR count). The number of aliphatic hydroxyl groups excluding tert-OH is 3. The van der Waals surface area contributed by atoms with Crippen LogP contribution in [0.15, 0.2) is 24.3 Å². The molecule has 1 aliphatic rings. The van der Waals surface area contributed by atoms with Gasteiger partial charge in [0.25, 0.3) is 0 Å². The average Bonchev–Trinajstić information content (AvgIpc) is 3.31. The van der Waals surface area contributed by atoms with Crippen LogP contribution >= 0.6 is 0 Å². The second kappa shape index (κ2) is 46.1. The van der Waals surface area contributed by atoms with Crippen LogP contribution in [-0.4, -0.2) is 88.4 Å². The second-order valence-electron chi connectivity index (χ2n) is 19.4. The summed E-state index contributed by atoms with van der Waals surface area (Å²) < 4.78 is 21.9. The van der Waals surface area contributed by atoms with Gasteiger partial charge in [0, 0.05) is 12.8 Å². The molecule has 0 amide bonds. The first-order chi connectivity index (χ1) is 32.7. The number of hydrogen-bond donors (Lipinski definition) is 4. The van der Waals surface area contributed by atoms with Crippen LogP contribution in [0.3, 0.4) is 0 Å². The average molecular weight is 951 g/mol. The van der Waals surface area contributed by atoms with Crippen LogP contribution in [0.25, 0.3) is 0 Å². The summed E-state index contributed by atoms with van der Waals surface area (Å²) in [7, 11) is 0. The van der Waals surface area contributed by atoms with Gasteiger partial charge in [-0.05, 0) is 64.2 Å². The predicted octanol–water partition coefficient (Wildman–Crippen LogP) is 13.7. The van der Waals surface area contributed by atoms with Crippen molar-refractivity contribution in [3.63, 3.8) is 0 Å². The molecule has 11 nitrogen and oxygen atoms in total. The summed E-state index contributed by atoms with van der Waals surface area (Å²) in [5, 5.41) is 40.0. The summed E-state index contributed by atoms with van der Waals surface area (Å²) in [6, 6.07) is 0. The fraction of sp³-hybridized carbons (Fsp3) is 0.875. The maximum Gasteiger partial charge on any atom is 0.335 e. The van der Waals surface area contributed by atoms with Gasteiger partial charge in [-0.2, -0.15) is 0 Å². The van der Waals surface area contributed by atoms with Crippen molar-refractivity contribution in [1.29, 1.82) is 0 Å². The highest BCUT2D eigenvalue weighted by molar-refractivity contribution is 5.73. The molecule has 392 valence electrons. The molecule has 1 heterocycles. The molecular formula is C56H102O11. The molecule has 0 spiro atoms. The molecule has 1 fully saturated rings. The van der Waals surface area contributed by atoms with Crippen LogP contribution in [-0.2, 0) is 33.3 Å². The summed E-state index contributed by atoms with van der Waals surface area (Å²) in [5.74, 6) is -2.43. The van der Waals surface area contributed by atoms with Gasteiger partial charge in [0.2, 0.25) is 0 Å². The first-order valence-corrected chi connectivity index (χ1v) is 27.9. The minimum absolute atomic E-state index is 0.180. The van der Waals surface area contributed by atoms with Gasteiger partial charge in [-0.15, -0.1) is 0 Å². The smallest absolute Gasteiger partial charge is 0.335 e. The van der Waals surface area contributed by atoms with E-state index < -0.39 is 54.7 Å². The summed E-state index contributed by atoms with van der Waals surface area (Å²) >= 11 is 0. The van der Waals surface area contributed by atoms with Crippen LogP contribution in [0.5, 0.6) is 0 Å². The number of carbonyl (C=O) groups is 3. The Hall–Kier alpha value is -2.31. The zero-order valence-electron chi connectivity index (χ0n) is 42.9.